The number of thiophene rings is 1. The van der Waals surface area contributed by atoms with E-state index in [4.69, 9.17) is 0 Å². The fourth-order valence-corrected chi connectivity index (χ4v) is 5.12. The number of carbonyl (C=O) groups is 1. The van der Waals surface area contributed by atoms with Crippen LogP contribution in [0.4, 0.5) is 5.69 Å². The van der Waals surface area contributed by atoms with E-state index in [0.29, 0.717) is 26.2 Å². The van der Waals surface area contributed by atoms with Gasteiger partial charge in [-0.3, -0.25) is 9.69 Å². The van der Waals surface area contributed by atoms with Gasteiger partial charge in [0.05, 0.1) is 17.8 Å². The van der Waals surface area contributed by atoms with Crippen LogP contribution in [0.1, 0.15) is 6.42 Å². The van der Waals surface area contributed by atoms with E-state index in [-0.39, 0.29) is 11.4 Å². The maximum absolute atomic E-state index is 12.4. The predicted octanol–water partition coefficient (Wildman–Crippen LogP) is 0.277. The van der Waals surface area contributed by atoms with Crippen LogP contribution in [0.15, 0.2) is 16.8 Å². The van der Waals surface area contributed by atoms with Crippen molar-refractivity contribution in [3.8, 4) is 0 Å². The minimum atomic E-state index is -3.42. The Bertz CT molecular complexity index is 689. The van der Waals surface area contributed by atoms with Gasteiger partial charge in [0.1, 0.15) is 0 Å². The van der Waals surface area contributed by atoms with Gasteiger partial charge in [-0.15, -0.1) is 0 Å². The van der Waals surface area contributed by atoms with E-state index in [9.17, 15) is 13.2 Å². The highest BCUT2D eigenvalue weighted by Crippen LogP contribution is 2.35. The summed E-state index contributed by atoms with van der Waals surface area (Å²) in [7, 11) is 1.59. The number of rotatable bonds is 3. The molecule has 1 unspecified atom stereocenters. The van der Waals surface area contributed by atoms with Crippen molar-refractivity contribution in [2.45, 2.75) is 12.0 Å². The second-order valence-electron chi connectivity index (χ2n) is 6.42. The van der Waals surface area contributed by atoms with E-state index >= 15 is 0 Å². The average Bonchev–Trinajstić information content (AvgIpc) is 3.14. The van der Waals surface area contributed by atoms with E-state index < -0.39 is 10.2 Å². The summed E-state index contributed by atoms with van der Waals surface area (Å²) in [6, 6.07) is 1.94. The van der Waals surface area contributed by atoms with Crippen LogP contribution < -0.4 is 4.90 Å². The van der Waals surface area contributed by atoms with Crippen LogP contribution in [-0.2, 0) is 15.0 Å². The summed E-state index contributed by atoms with van der Waals surface area (Å²) in [6.45, 7) is 1.73. The number of nitrogens with zero attached hydrogens (tertiary/aromatic N) is 4. The second-order valence-corrected chi connectivity index (χ2v) is 9.34. The maximum Gasteiger partial charge on any atom is 0.281 e. The zero-order valence-electron chi connectivity index (χ0n) is 13.6. The van der Waals surface area contributed by atoms with Crippen molar-refractivity contribution in [1.29, 1.82) is 0 Å². The van der Waals surface area contributed by atoms with Crippen LogP contribution in [0.2, 0.25) is 0 Å². The first-order chi connectivity index (χ1) is 10.8. The van der Waals surface area contributed by atoms with Gasteiger partial charge in [-0.25, -0.2) is 0 Å². The van der Waals surface area contributed by atoms with E-state index in [2.05, 4.69) is 0 Å². The largest absolute Gasteiger partial charge is 0.309 e. The van der Waals surface area contributed by atoms with Crippen LogP contribution in [-0.4, -0.2) is 80.7 Å². The van der Waals surface area contributed by atoms with E-state index in [1.165, 1.54) is 8.61 Å². The Kier molecular flexibility index (Phi) is 4.26. The number of carbonyl (C=O) groups excluding carboxylic acids is 1. The zero-order valence-corrected chi connectivity index (χ0v) is 15.2. The van der Waals surface area contributed by atoms with Crippen molar-refractivity contribution in [2.75, 3.05) is 52.2 Å². The van der Waals surface area contributed by atoms with Crippen molar-refractivity contribution in [1.82, 2.24) is 13.5 Å². The van der Waals surface area contributed by atoms with Gasteiger partial charge in [0, 0.05) is 39.1 Å². The number of amides is 1. The Morgan fingerprint density at radius 3 is 2.65 bits per heavy atom. The highest BCUT2D eigenvalue weighted by atomic mass is 32.2. The number of anilines is 1. The molecule has 1 aromatic rings. The van der Waals surface area contributed by atoms with E-state index in [1.807, 2.05) is 28.8 Å². The molecule has 1 atom stereocenters. The van der Waals surface area contributed by atoms with Gasteiger partial charge in [0.15, 0.2) is 0 Å². The highest BCUT2D eigenvalue weighted by molar-refractivity contribution is 7.86. The Hall–Kier alpha value is -1.00. The number of hydrogen-bond acceptors (Lipinski definition) is 5. The molecule has 2 saturated heterocycles. The van der Waals surface area contributed by atoms with Gasteiger partial charge in [-0.05, 0) is 24.9 Å². The third-order valence-electron chi connectivity index (χ3n) is 4.84. The molecule has 2 fully saturated rings. The maximum atomic E-state index is 12.4. The minimum Gasteiger partial charge on any atom is -0.309 e. The standard InChI is InChI=1S/C14H22N4O3S2/c1-15(2)23(20,21)17-6-5-14(10-17)11-18(12-4-7-22-9-12)13(19)8-16(14)3/h4,7,9H,5-6,8,10-11H2,1-3H3. The summed E-state index contributed by atoms with van der Waals surface area (Å²) in [4.78, 5) is 16.2. The van der Waals surface area contributed by atoms with Gasteiger partial charge >= 0.3 is 0 Å². The quantitative estimate of drug-likeness (QED) is 0.778. The molecule has 2 aliphatic rings. The van der Waals surface area contributed by atoms with Gasteiger partial charge in [-0.1, -0.05) is 0 Å². The molecular formula is C14H22N4O3S2. The molecule has 0 saturated carbocycles. The van der Waals surface area contributed by atoms with Gasteiger partial charge in [-0.2, -0.15) is 28.4 Å². The van der Waals surface area contributed by atoms with Gasteiger partial charge in [0.25, 0.3) is 10.2 Å². The summed E-state index contributed by atoms with van der Waals surface area (Å²) in [5, 5.41) is 3.91. The number of likely N-dealkylation sites (N-methyl/N-ethyl adjacent to an activating group) is 1. The first kappa shape index (κ1) is 16.8. The zero-order chi connectivity index (χ0) is 16.8. The second kappa shape index (κ2) is 5.82. The summed E-state index contributed by atoms with van der Waals surface area (Å²) < 4.78 is 27.6. The smallest absolute Gasteiger partial charge is 0.281 e. The van der Waals surface area contributed by atoms with Crippen LogP contribution in [0, 0.1) is 0 Å². The molecule has 0 radical (unpaired) electrons. The molecule has 1 amide bonds. The third kappa shape index (κ3) is 2.80. The Labute approximate surface area is 141 Å². The topological polar surface area (TPSA) is 64.2 Å². The summed E-state index contributed by atoms with van der Waals surface area (Å²) in [6.07, 6.45) is 0.727. The predicted molar refractivity (Wildman–Crippen MR) is 90.8 cm³/mol. The van der Waals surface area contributed by atoms with Crippen LogP contribution in [0.25, 0.3) is 0 Å². The lowest BCUT2D eigenvalue weighted by Crippen LogP contribution is -2.64. The average molecular weight is 358 g/mol. The first-order valence-corrected chi connectivity index (χ1v) is 9.82. The molecule has 0 N–H and O–H groups in total. The molecule has 128 valence electrons. The fraction of sp³-hybridized carbons (Fsp3) is 0.643. The van der Waals surface area contributed by atoms with Crippen molar-refractivity contribution in [3.63, 3.8) is 0 Å². The fourth-order valence-electron chi connectivity index (χ4n) is 3.29. The van der Waals surface area contributed by atoms with Crippen LogP contribution >= 0.6 is 11.3 Å². The normalized spacial score (nSPS) is 27.5. The molecule has 1 aromatic heterocycles. The minimum absolute atomic E-state index is 0.0606. The van der Waals surface area contributed by atoms with Crippen molar-refractivity contribution in [2.24, 2.45) is 0 Å². The summed E-state index contributed by atoms with van der Waals surface area (Å²) in [5.41, 5.74) is 0.584. The van der Waals surface area contributed by atoms with E-state index in [0.717, 1.165) is 12.1 Å². The molecular weight excluding hydrogens is 336 g/mol. The lowest BCUT2D eigenvalue weighted by atomic mass is 9.93. The van der Waals surface area contributed by atoms with Crippen molar-refractivity contribution in [3.05, 3.63) is 16.8 Å². The molecule has 0 aromatic carbocycles. The lowest BCUT2D eigenvalue weighted by Gasteiger charge is -2.46. The Morgan fingerprint density at radius 1 is 1.30 bits per heavy atom. The molecule has 0 aliphatic carbocycles. The molecule has 1 spiro atoms. The Morgan fingerprint density at radius 2 is 2.04 bits per heavy atom. The van der Waals surface area contributed by atoms with Gasteiger partial charge in [0.2, 0.25) is 5.91 Å². The van der Waals surface area contributed by atoms with Crippen molar-refractivity contribution < 1.29 is 13.2 Å². The molecule has 9 heteroatoms. The SMILES string of the molecule is CN1CC(=O)N(c2ccsc2)CC12CCN(S(=O)(=O)N(C)C)C2. The first-order valence-electron chi connectivity index (χ1n) is 7.48. The summed E-state index contributed by atoms with van der Waals surface area (Å²) in [5.74, 6) is 0.0606. The van der Waals surface area contributed by atoms with Gasteiger partial charge < -0.3 is 4.90 Å². The van der Waals surface area contributed by atoms with Crippen molar-refractivity contribution >= 4 is 33.1 Å². The molecule has 23 heavy (non-hydrogen) atoms. The summed E-state index contributed by atoms with van der Waals surface area (Å²) >= 11 is 1.56. The third-order valence-corrected chi connectivity index (χ3v) is 7.40. The van der Waals surface area contributed by atoms with E-state index in [1.54, 1.807) is 30.3 Å². The number of piperazine rings is 1. The molecule has 2 aliphatic heterocycles. The molecule has 3 rings (SSSR count). The molecule has 0 bridgehead atoms. The highest BCUT2D eigenvalue weighted by Gasteiger charge is 2.50. The molecule has 3 heterocycles. The van der Waals surface area contributed by atoms with Crippen LogP contribution in [0.5, 0.6) is 0 Å². The lowest BCUT2D eigenvalue weighted by molar-refractivity contribution is -0.123. The number of hydrogen-bond donors (Lipinski definition) is 0. The molecule has 7 nitrogen and oxygen atoms in total. The monoisotopic (exact) mass is 358 g/mol. The Balaban J connectivity index is 1.86. The van der Waals surface area contributed by atoms with Crippen LogP contribution in [0.3, 0.4) is 0 Å².